The number of carbonyl (C=O) groups is 2. The van der Waals surface area contributed by atoms with Crippen molar-refractivity contribution in [1.82, 2.24) is 9.88 Å². The van der Waals surface area contributed by atoms with Gasteiger partial charge in [0.15, 0.2) is 0 Å². The zero-order valence-corrected chi connectivity index (χ0v) is 14.4. The third kappa shape index (κ3) is 4.65. The molecule has 0 aliphatic heterocycles. The SMILES string of the molecule is CCN(C(=O)CN(Cc1ccccn1)C(C)=O)c1cccc(C)c1. The van der Waals surface area contributed by atoms with Gasteiger partial charge in [0, 0.05) is 25.4 Å². The Labute approximate surface area is 142 Å². The van der Waals surface area contributed by atoms with Gasteiger partial charge >= 0.3 is 0 Å². The summed E-state index contributed by atoms with van der Waals surface area (Å²) in [5.41, 5.74) is 2.71. The Morgan fingerprint density at radius 2 is 1.92 bits per heavy atom. The molecule has 0 atom stereocenters. The Bertz CT molecular complexity index is 701. The van der Waals surface area contributed by atoms with E-state index in [1.165, 1.54) is 11.8 Å². The average Bonchev–Trinajstić information content (AvgIpc) is 2.56. The normalized spacial score (nSPS) is 10.3. The van der Waals surface area contributed by atoms with Crippen LogP contribution in [-0.2, 0) is 16.1 Å². The van der Waals surface area contributed by atoms with Crippen LogP contribution < -0.4 is 4.90 Å². The maximum atomic E-state index is 12.7. The highest BCUT2D eigenvalue weighted by Crippen LogP contribution is 2.16. The fraction of sp³-hybridized carbons (Fsp3) is 0.316. The van der Waals surface area contributed by atoms with Gasteiger partial charge in [-0.2, -0.15) is 0 Å². The van der Waals surface area contributed by atoms with Gasteiger partial charge in [-0.15, -0.1) is 0 Å². The van der Waals surface area contributed by atoms with E-state index in [1.54, 1.807) is 11.1 Å². The van der Waals surface area contributed by atoms with Crippen molar-refractivity contribution in [2.45, 2.75) is 27.3 Å². The Balaban J connectivity index is 2.12. The van der Waals surface area contributed by atoms with E-state index in [2.05, 4.69) is 4.98 Å². The Morgan fingerprint density at radius 1 is 1.12 bits per heavy atom. The minimum absolute atomic E-state index is 0.0354. The summed E-state index contributed by atoms with van der Waals surface area (Å²) in [5.74, 6) is -0.247. The van der Waals surface area contributed by atoms with Gasteiger partial charge in [0.2, 0.25) is 11.8 Å². The van der Waals surface area contributed by atoms with Crippen molar-refractivity contribution in [3.63, 3.8) is 0 Å². The van der Waals surface area contributed by atoms with E-state index >= 15 is 0 Å². The van der Waals surface area contributed by atoms with E-state index in [4.69, 9.17) is 0 Å². The maximum absolute atomic E-state index is 12.7. The van der Waals surface area contributed by atoms with Crippen LogP contribution in [0.25, 0.3) is 0 Å². The molecule has 5 nitrogen and oxygen atoms in total. The molecule has 0 spiro atoms. The first-order valence-corrected chi connectivity index (χ1v) is 8.03. The molecule has 0 aliphatic carbocycles. The fourth-order valence-electron chi connectivity index (χ4n) is 2.51. The Morgan fingerprint density at radius 3 is 2.50 bits per heavy atom. The number of benzene rings is 1. The van der Waals surface area contributed by atoms with Crippen molar-refractivity contribution < 1.29 is 9.59 Å². The second-order valence-corrected chi connectivity index (χ2v) is 5.67. The zero-order valence-electron chi connectivity index (χ0n) is 14.4. The standard InChI is InChI=1S/C19H23N3O2/c1-4-22(18-10-7-8-15(2)12-18)19(24)14-21(16(3)23)13-17-9-5-6-11-20-17/h5-12H,4,13-14H2,1-3H3. The highest BCUT2D eigenvalue weighted by Gasteiger charge is 2.20. The molecule has 1 heterocycles. The monoisotopic (exact) mass is 325 g/mol. The van der Waals surface area contributed by atoms with Crippen LogP contribution in [0.3, 0.4) is 0 Å². The number of anilines is 1. The van der Waals surface area contributed by atoms with Gasteiger partial charge in [-0.25, -0.2) is 0 Å². The molecule has 24 heavy (non-hydrogen) atoms. The van der Waals surface area contributed by atoms with Gasteiger partial charge in [-0.05, 0) is 43.7 Å². The molecule has 0 N–H and O–H groups in total. The first-order valence-electron chi connectivity index (χ1n) is 8.03. The van der Waals surface area contributed by atoms with E-state index in [-0.39, 0.29) is 18.4 Å². The minimum Gasteiger partial charge on any atom is -0.328 e. The summed E-state index contributed by atoms with van der Waals surface area (Å²) < 4.78 is 0. The second kappa shape index (κ2) is 8.24. The topological polar surface area (TPSA) is 53.5 Å². The molecule has 0 fully saturated rings. The van der Waals surface area contributed by atoms with E-state index in [0.717, 1.165) is 16.9 Å². The van der Waals surface area contributed by atoms with Gasteiger partial charge in [-0.1, -0.05) is 18.2 Å². The number of pyridine rings is 1. The fourth-order valence-corrected chi connectivity index (χ4v) is 2.51. The quantitative estimate of drug-likeness (QED) is 0.820. The molecule has 2 rings (SSSR count). The molecule has 0 saturated carbocycles. The van der Waals surface area contributed by atoms with Crippen LogP contribution in [-0.4, -0.2) is 34.8 Å². The molecule has 1 aromatic carbocycles. The van der Waals surface area contributed by atoms with Gasteiger partial charge in [0.1, 0.15) is 6.54 Å². The molecule has 1 aromatic heterocycles. The zero-order chi connectivity index (χ0) is 17.5. The molecular formula is C19H23N3O2. The van der Waals surface area contributed by atoms with Crippen molar-refractivity contribution in [1.29, 1.82) is 0 Å². The summed E-state index contributed by atoms with van der Waals surface area (Å²) >= 11 is 0. The summed E-state index contributed by atoms with van der Waals surface area (Å²) in [6.45, 7) is 6.31. The highest BCUT2D eigenvalue weighted by molar-refractivity contribution is 5.96. The van der Waals surface area contributed by atoms with Crippen molar-refractivity contribution in [2.24, 2.45) is 0 Å². The van der Waals surface area contributed by atoms with Crippen LogP contribution in [0.5, 0.6) is 0 Å². The Hall–Kier alpha value is -2.69. The molecular weight excluding hydrogens is 302 g/mol. The smallest absolute Gasteiger partial charge is 0.246 e. The number of hydrogen-bond donors (Lipinski definition) is 0. The van der Waals surface area contributed by atoms with Gasteiger partial charge in [0.05, 0.1) is 12.2 Å². The number of aryl methyl sites for hydroxylation is 1. The number of carbonyl (C=O) groups excluding carboxylic acids is 2. The number of rotatable bonds is 6. The van der Waals surface area contributed by atoms with Crippen LogP contribution in [0, 0.1) is 6.92 Å². The molecule has 0 aliphatic rings. The lowest BCUT2D eigenvalue weighted by atomic mass is 10.2. The lowest BCUT2D eigenvalue weighted by molar-refractivity contribution is -0.134. The third-order valence-corrected chi connectivity index (χ3v) is 3.78. The first-order chi connectivity index (χ1) is 11.5. The summed E-state index contributed by atoms with van der Waals surface area (Å²) in [7, 11) is 0. The van der Waals surface area contributed by atoms with E-state index < -0.39 is 0 Å². The number of aromatic nitrogens is 1. The van der Waals surface area contributed by atoms with Crippen LogP contribution in [0.2, 0.25) is 0 Å². The predicted molar refractivity (Wildman–Crippen MR) is 94.5 cm³/mol. The third-order valence-electron chi connectivity index (χ3n) is 3.78. The summed E-state index contributed by atoms with van der Waals surface area (Å²) in [6, 6.07) is 13.3. The number of likely N-dealkylation sites (N-methyl/N-ethyl adjacent to an activating group) is 1. The van der Waals surface area contributed by atoms with E-state index in [9.17, 15) is 9.59 Å². The first kappa shape index (κ1) is 17.7. The van der Waals surface area contributed by atoms with Crippen LogP contribution in [0.15, 0.2) is 48.7 Å². The van der Waals surface area contributed by atoms with Gasteiger partial charge in [0.25, 0.3) is 0 Å². The molecule has 0 radical (unpaired) electrons. The molecule has 0 saturated heterocycles. The second-order valence-electron chi connectivity index (χ2n) is 5.67. The largest absolute Gasteiger partial charge is 0.328 e. The predicted octanol–water partition coefficient (Wildman–Crippen LogP) is 2.79. The molecule has 2 aromatic rings. The van der Waals surface area contributed by atoms with Crippen LogP contribution in [0.1, 0.15) is 25.1 Å². The number of nitrogens with zero attached hydrogens (tertiary/aromatic N) is 3. The highest BCUT2D eigenvalue weighted by atomic mass is 16.2. The van der Waals surface area contributed by atoms with Crippen molar-refractivity contribution >= 4 is 17.5 Å². The number of hydrogen-bond acceptors (Lipinski definition) is 3. The van der Waals surface area contributed by atoms with Gasteiger partial charge in [-0.3, -0.25) is 14.6 Å². The average molecular weight is 325 g/mol. The van der Waals surface area contributed by atoms with Crippen molar-refractivity contribution in [2.75, 3.05) is 18.0 Å². The summed E-state index contributed by atoms with van der Waals surface area (Å²) in [6.07, 6.45) is 1.68. The molecule has 0 unspecified atom stereocenters. The lowest BCUT2D eigenvalue weighted by Crippen LogP contribution is -2.42. The summed E-state index contributed by atoms with van der Waals surface area (Å²) in [4.78, 5) is 32.1. The van der Waals surface area contributed by atoms with Gasteiger partial charge < -0.3 is 9.80 Å². The molecule has 0 bridgehead atoms. The number of amides is 2. The Kier molecular flexibility index (Phi) is 6.07. The van der Waals surface area contributed by atoms with Crippen LogP contribution in [0.4, 0.5) is 5.69 Å². The molecule has 126 valence electrons. The van der Waals surface area contributed by atoms with E-state index in [0.29, 0.717) is 13.1 Å². The minimum atomic E-state index is -0.144. The molecule has 5 heteroatoms. The van der Waals surface area contributed by atoms with Crippen LogP contribution >= 0.6 is 0 Å². The maximum Gasteiger partial charge on any atom is 0.246 e. The lowest BCUT2D eigenvalue weighted by Gasteiger charge is -2.26. The van der Waals surface area contributed by atoms with Crippen molar-refractivity contribution in [3.05, 3.63) is 59.9 Å². The van der Waals surface area contributed by atoms with Crippen molar-refractivity contribution in [3.8, 4) is 0 Å². The summed E-state index contributed by atoms with van der Waals surface area (Å²) in [5, 5.41) is 0. The van der Waals surface area contributed by atoms with E-state index in [1.807, 2.05) is 56.3 Å². The molecule has 2 amide bonds.